The van der Waals surface area contributed by atoms with E-state index >= 15 is 0 Å². The SMILES string of the molecule is CC(=O)OC[N+]1(CCCCOc2ccc3ccc(=O)[nH]c3c2)CCN(c2cccc3sccc23)CC1. The first kappa shape index (κ1) is 24.3. The third kappa shape index (κ3) is 5.55. The minimum absolute atomic E-state index is 0.117. The van der Waals surface area contributed by atoms with E-state index in [4.69, 9.17) is 9.47 Å². The van der Waals surface area contributed by atoms with E-state index in [0.717, 1.165) is 66.7 Å². The Morgan fingerprint density at radius 3 is 2.75 bits per heavy atom. The number of thiophene rings is 1. The van der Waals surface area contributed by atoms with E-state index in [0.29, 0.717) is 13.3 Å². The Morgan fingerprint density at radius 1 is 1.08 bits per heavy atom. The van der Waals surface area contributed by atoms with Gasteiger partial charge in [-0.2, -0.15) is 0 Å². The average Bonchev–Trinajstić information content (AvgIpc) is 3.37. The number of carbonyl (C=O) groups excluding carboxylic acids is 1. The van der Waals surface area contributed by atoms with Gasteiger partial charge in [0, 0.05) is 34.8 Å². The fourth-order valence-electron chi connectivity index (χ4n) is 4.99. The second kappa shape index (κ2) is 10.7. The molecule has 0 spiro atoms. The van der Waals surface area contributed by atoms with Crippen LogP contribution in [0.1, 0.15) is 19.8 Å². The fraction of sp³-hybridized carbons (Fsp3) is 0.357. The van der Waals surface area contributed by atoms with Crippen LogP contribution in [0.3, 0.4) is 0 Å². The zero-order valence-electron chi connectivity index (χ0n) is 20.6. The maximum absolute atomic E-state index is 11.6. The molecule has 1 N–H and O–H groups in total. The molecule has 8 heteroatoms. The normalized spacial score (nSPS) is 15.3. The van der Waals surface area contributed by atoms with Crippen molar-refractivity contribution in [3.05, 3.63) is 70.3 Å². The molecule has 0 aliphatic carbocycles. The van der Waals surface area contributed by atoms with Gasteiger partial charge in [-0.1, -0.05) is 6.07 Å². The highest BCUT2D eigenvalue weighted by atomic mass is 32.1. The van der Waals surface area contributed by atoms with Gasteiger partial charge in [-0.25, -0.2) is 0 Å². The average molecular weight is 507 g/mol. The van der Waals surface area contributed by atoms with Gasteiger partial charge in [-0.15, -0.1) is 11.3 Å². The number of nitrogens with one attached hydrogen (secondary N) is 1. The van der Waals surface area contributed by atoms with Gasteiger partial charge in [0.25, 0.3) is 0 Å². The number of fused-ring (bicyclic) bond motifs is 2. The van der Waals surface area contributed by atoms with Crippen LogP contribution in [0.25, 0.3) is 21.0 Å². The van der Waals surface area contributed by atoms with E-state index < -0.39 is 0 Å². The summed E-state index contributed by atoms with van der Waals surface area (Å²) in [6.07, 6.45) is 1.88. The number of piperazine rings is 1. The van der Waals surface area contributed by atoms with Crippen molar-refractivity contribution in [3.63, 3.8) is 0 Å². The predicted molar refractivity (Wildman–Crippen MR) is 145 cm³/mol. The quantitative estimate of drug-likeness (QED) is 0.201. The molecule has 1 fully saturated rings. The summed E-state index contributed by atoms with van der Waals surface area (Å²) in [4.78, 5) is 28.5. The second-order valence-corrected chi connectivity index (χ2v) is 10.4. The van der Waals surface area contributed by atoms with Crippen LogP contribution in [0.5, 0.6) is 5.75 Å². The number of unbranched alkanes of at least 4 members (excludes halogenated alkanes) is 1. The highest BCUT2D eigenvalue weighted by Crippen LogP contribution is 2.32. The largest absolute Gasteiger partial charge is 0.494 e. The summed E-state index contributed by atoms with van der Waals surface area (Å²) in [7, 11) is 0. The van der Waals surface area contributed by atoms with Gasteiger partial charge in [-0.05, 0) is 60.0 Å². The van der Waals surface area contributed by atoms with Crippen molar-refractivity contribution < 1.29 is 18.8 Å². The first-order valence-corrected chi connectivity index (χ1v) is 13.3. The van der Waals surface area contributed by atoms with E-state index in [-0.39, 0.29) is 11.5 Å². The van der Waals surface area contributed by atoms with E-state index in [9.17, 15) is 9.59 Å². The molecule has 0 amide bonds. The van der Waals surface area contributed by atoms with Crippen LogP contribution in [0.4, 0.5) is 5.69 Å². The molecule has 5 rings (SSSR count). The van der Waals surface area contributed by atoms with Crippen LogP contribution >= 0.6 is 11.3 Å². The lowest BCUT2D eigenvalue weighted by molar-refractivity contribution is -0.944. The van der Waals surface area contributed by atoms with E-state index in [1.54, 1.807) is 11.3 Å². The molecule has 188 valence electrons. The Labute approximate surface area is 214 Å². The molecular weight excluding hydrogens is 474 g/mol. The van der Waals surface area contributed by atoms with Crippen molar-refractivity contribution in [2.24, 2.45) is 0 Å². The van der Waals surface area contributed by atoms with E-state index in [2.05, 4.69) is 39.5 Å². The Hall–Kier alpha value is -3.36. The monoisotopic (exact) mass is 506 g/mol. The van der Waals surface area contributed by atoms with Gasteiger partial charge in [-0.3, -0.25) is 14.1 Å². The number of rotatable bonds is 9. The molecule has 0 unspecified atom stereocenters. The standard InChI is InChI=1S/C28H31N3O4S/c1-21(32)35-20-31(15-12-30(13-16-31)26-5-4-6-27-24(26)11-18-36-27)14-2-3-17-34-23-9-7-22-8-10-28(33)29-25(22)19-23/h4-11,18-19H,2-3,12-17,20H2,1H3/p+1. The van der Waals surface area contributed by atoms with Gasteiger partial charge >= 0.3 is 5.97 Å². The number of esters is 1. The highest BCUT2D eigenvalue weighted by molar-refractivity contribution is 7.17. The number of quaternary nitrogens is 1. The lowest BCUT2D eigenvalue weighted by Gasteiger charge is -2.44. The molecule has 1 saturated heterocycles. The van der Waals surface area contributed by atoms with Crippen molar-refractivity contribution in [1.29, 1.82) is 0 Å². The number of anilines is 1. The molecule has 0 bridgehead atoms. The number of aromatic nitrogens is 1. The number of nitrogens with zero attached hydrogens (tertiary/aromatic N) is 2. The Kier molecular flexibility index (Phi) is 7.25. The number of ether oxygens (including phenoxy) is 2. The number of hydrogen-bond donors (Lipinski definition) is 1. The predicted octanol–water partition coefficient (Wildman–Crippen LogP) is 4.76. The molecule has 2 aromatic carbocycles. The van der Waals surface area contributed by atoms with Crippen LogP contribution in [0.2, 0.25) is 0 Å². The molecule has 0 atom stereocenters. The topological polar surface area (TPSA) is 71.6 Å². The molecule has 1 aliphatic rings. The molecule has 7 nitrogen and oxygen atoms in total. The molecule has 2 aromatic heterocycles. The van der Waals surface area contributed by atoms with Crippen molar-refractivity contribution in [2.75, 3.05) is 51.0 Å². The van der Waals surface area contributed by atoms with Crippen LogP contribution in [-0.2, 0) is 9.53 Å². The van der Waals surface area contributed by atoms with Crippen LogP contribution in [-0.4, -0.2) is 61.5 Å². The number of aromatic amines is 1. The minimum Gasteiger partial charge on any atom is -0.494 e. The van der Waals surface area contributed by atoms with Crippen LogP contribution < -0.4 is 15.2 Å². The fourth-order valence-corrected chi connectivity index (χ4v) is 5.79. The smallest absolute Gasteiger partial charge is 0.306 e. The summed E-state index contributed by atoms with van der Waals surface area (Å²) >= 11 is 1.78. The van der Waals surface area contributed by atoms with E-state index in [1.807, 2.05) is 24.3 Å². The van der Waals surface area contributed by atoms with Crippen molar-refractivity contribution in [2.45, 2.75) is 19.8 Å². The van der Waals surface area contributed by atoms with Crippen molar-refractivity contribution >= 4 is 44.0 Å². The molecule has 0 saturated carbocycles. The molecule has 0 radical (unpaired) electrons. The molecule has 1 aliphatic heterocycles. The maximum atomic E-state index is 11.6. The summed E-state index contributed by atoms with van der Waals surface area (Å²) in [5.41, 5.74) is 1.96. The first-order chi connectivity index (χ1) is 17.5. The second-order valence-electron chi connectivity index (χ2n) is 9.50. The molecule has 3 heterocycles. The summed E-state index contributed by atoms with van der Waals surface area (Å²) < 4.78 is 13.6. The summed E-state index contributed by atoms with van der Waals surface area (Å²) in [5.74, 6) is 0.528. The number of pyridine rings is 1. The van der Waals surface area contributed by atoms with Gasteiger partial charge in [0.15, 0.2) is 0 Å². The lowest BCUT2D eigenvalue weighted by Crippen LogP contribution is -2.61. The lowest BCUT2D eigenvalue weighted by atomic mass is 10.1. The number of carbonyl (C=O) groups is 1. The molecule has 36 heavy (non-hydrogen) atoms. The van der Waals surface area contributed by atoms with Gasteiger partial charge in [0.2, 0.25) is 12.3 Å². The Bertz CT molecular complexity index is 1400. The van der Waals surface area contributed by atoms with Crippen LogP contribution in [0.15, 0.2) is 64.8 Å². The minimum atomic E-state index is -0.226. The van der Waals surface area contributed by atoms with Crippen molar-refractivity contribution in [1.82, 2.24) is 4.98 Å². The highest BCUT2D eigenvalue weighted by Gasteiger charge is 2.34. The van der Waals surface area contributed by atoms with Gasteiger partial charge < -0.3 is 19.4 Å². The Morgan fingerprint density at radius 2 is 1.92 bits per heavy atom. The number of benzene rings is 2. The van der Waals surface area contributed by atoms with Gasteiger partial charge in [0.05, 0.1) is 44.8 Å². The first-order valence-electron chi connectivity index (χ1n) is 12.5. The molecular formula is C28H32N3O4S+. The zero-order chi connectivity index (χ0) is 25.0. The third-order valence-corrected chi connectivity index (χ3v) is 7.92. The maximum Gasteiger partial charge on any atom is 0.306 e. The number of hydrogen-bond acceptors (Lipinski definition) is 6. The summed E-state index contributed by atoms with van der Waals surface area (Å²) in [6, 6.07) is 17.8. The molecule has 4 aromatic rings. The summed E-state index contributed by atoms with van der Waals surface area (Å²) in [6.45, 7) is 7.18. The van der Waals surface area contributed by atoms with Gasteiger partial charge in [0.1, 0.15) is 5.75 Å². The number of H-pyrrole nitrogens is 1. The van der Waals surface area contributed by atoms with Crippen molar-refractivity contribution in [3.8, 4) is 5.75 Å². The van der Waals surface area contributed by atoms with E-state index in [1.165, 1.54) is 28.8 Å². The zero-order valence-corrected chi connectivity index (χ0v) is 21.4. The Balaban J connectivity index is 1.16. The van der Waals surface area contributed by atoms with Crippen LogP contribution in [0, 0.1) is 0 Å². The summed E-state index contributed by atoms with van der Waals surface area (Å²) in [5, 5.41) is 4.45. The third-order valence-electron chi connectivity index (χ3n) is 7.04.